The summed E-state index contributed by atoms with van der Waals surface area (Å²) in [5, 5.41) is 4.65. The van der Waals surface area contributed by atoms with Crippen molar-refractivity contribution in [2.75, 3.05) is 26.2 Å². The fourth-order valence-electron chi connectivity index (χ4n) is 4.43. The van der Waals surface area contributed by atoms with Gasteiger partial charge >= 0.3 is 0 Å². The monoisotopic (exact) mass is 489 g/mol. The highest BCUT2D eigenvalue weighted by Crippen LogP contribution is 2.41. The van der Waals surface area contributed by atoms with E-state index in [1.165, 1.54) is 15.1 Å². The van der Waals surface area contributed by atoms with Crippen molar-refractivity contribution in [2.24, 2.45) is 0 Å². The molecule has 0 N–H and O–H groups in total. The van der Waals surface area contributed by atoms with Crippen molar-refractivity contribution in [3.63, 3.8) is 0 Å². The Morgan fingerprint density at radius 3 is 2.41 bits per heavy atom. The molecule has 1 amide bonds. The van der Waals surface area contributed by atoms with E-state index in [1.807, 2.05) is 0 Å². The van der Waals surface area contributed by atoms with Crippen LogP contribution in [0.15, 0.2) is 41.3 Å². The molecule has 2 aliphatic rings. The lowest BCUT2D eigenvalue weighted by Gasteiger charge is -2.34. The van der Waals surface area contributed by atoms with Gasteiger partial charge in [0.15, 0.2) is 5.65 Å². The van der Waals surface area contributed by atoms with Crippen molar-refractivity contribution in [1.29, 1.82) is 0 Å². The first-order valence-corrected chi connectivity index (χ1v) is 12.7. The summed E-state index contributed by atoms with van der Waals surface area (Å²) in [5.41, 5.74) is 1.24. The predicted octanol–water partition coefficient (Wildman–Crippen LogP) is 3.09. The Hall–Kier alpha value is -2.92. The van der Waals surface area contributed by atoms with Crippen LogP contribution < -0.4 is 0 Å². The molecule has 0 bridgehead atoms. The zero-order valence-corrected chi connectivity index (χ0v) is 19.5. The Morgan fingerprint density at radius 1 is 1.12 bits per heavy atom. The standard InChI is InChI=1S/C23H25F2N5O3S/c1-15-21-18(22(24)25)13-19(16-7-8-16)26-23(21)30(27-15)14-20(31)28-9-11-29(12-10-28)34(32,33)17-5-3-2-4-6-17/h2-6,13,16,22H,7-12,14H2,1H3. The van der Waals surface area contributed by atoms with Crippen LogP contribution >= 0.6 is 0 Å². The number of aryl methyl sites for hydroxylation is 1. The van der Waals surface area contributed by atoms with E-state index >= 15 is 0 Å². The van der Waals surface area contributed by atoms with Crippen LogP contribution in [-0.2, 0) is 21.4 Å². The van der Waals surface area contributed by atoms with Gasteiger partial charge in [0.1, 0.15) is 6.54 Å². The van der Waals surface area contributed by atoms with Gasteiger partial charge in [-0.2, -0.15) is 9.40 Å². The summed E-state index contributed by atoms with van der Waals surface area (Å²) >= 11 is 0. The van der Waals surface area contributed by atoms with Crippen LogP contribution in [0, 0.1) is 6.92 Å². The first-order valence-electron chi connectivity index (χ1n) is 11.2. The average molecular weight is 490 g/mol. The van der Waals surface area contributed by atoms with Crippen LogP contribution in [-0.4, -0.2) is 64.5 Å². The molecule has 1 aliphatic heterocycles. The van der Waals surface area contributed by atoms with Crippen molar-refractivity contribution < 1.29 is 22.0 Å². The lowest BCUT2D eigenvalue weighted by atomic mass is 10.1. The number of amides is 1. The van der Waals surface area contributed by atoms with E-state index in [4.69, 9.17) is 0 Å². The molecule has 3 heterocycles. The van der Waals surface area contributed by atoms with Crippen LogP contribution in [0.5, 0.6) is 0 Å². The summed E-state index contributed by atoms with van der Waals surface area (Å²) in [7, 11) is -3.62. The highest BCUT2D eigenvalue weighted by Gasteiger charge is 2.32. The molecule has 1 aromatic carbocycles. The van der Waals surface area contributed by atoms with Gasteiger partial charge in [0.2, 0.25) is 15.9 Å². The zero-order valence-electron chi connectivity index (χ0n) is 18.7. The van der Waals surface area contributed by atoms with Gasteiger partial charge in [0.25, 0.3) is 6.43 Å². The molecule has 34 heavy (non-hydrogen) atoms. The van der Waals surface area contributed by atoms with Gasteiger partial charge in [0, 0.05) is 43.4 Å². The maximum atomic E-state index is 13.8. The topological polar surface area (TPSA) is 88.4 Å². The third-order valence-corrected chi connectivity index (χ3v) is 8.33. The SMILES string of the molecule is Cc1nn(CC(=O)N2CCN(S(=O)(=O)c3ccccc3)CC2)c2nc(C3CC3)cc(C(F)F)c12. The van der Waals surface area contributed by atoms with Crippen molar-refractivity contribution >= 4 is 27.0 Å². The molecule has 0 unspecified atom stereocenters. The maximum Gasteiger partial charge on any atom is 0.264 e. The minimum Gasteiger partial charge on any atom is -0.338 e. The number of pyridine rings is 1. The molecule has 0 radical (unpaired) electrons. The third kappa shape index (κ3) is 4.18. The van der Waals surface area contributed by atoms with Gasteiger partial charge in [0.05, 0.1) is 16.0 Å². The minimum absolute atomic E-state index is 0.0946. The lowest BCUT2D eigenvalue weighted by molar-refractivity contribution is -0.133. The van der Waals surface area contributed by atoms with Crippen LogP contribution in [0.3, 0.4) is 0 Å². The van der Waals surface area contributed by atoms with E-state index in [9.17, 15) is 22.0 Å². The van der Waals surface area contributed by atoms with Crippen LogP contribution in [0.4, 0.5) is 8.78 Å². The molecule has 1 saturated carbocycles. The Morgan fingerprint density at radius 2 is 1.79 bits per heavy atom. The van der Waals surface area contributed by atoms with Gasteiger partial charge in [-0.3, -0.25) is 4.79 Å². The van der Waals surface area contributed by atoms with Crippen molar-refractivity contribution in [1.82, 2.24) is 24.0 Å². The van der Waals surface area contributed by atoms with Gasteiger partial charge in [-0.15, -0.1) is 0 Å². The number of fused-ring (bicyclic) bond motifs is 1. The lowest BCUT2D eigenvalue weighted by Crippen LogP contribution is -2.51. The molecule has 180 valence electrons. The zero-order chi connectivity index (χ0) is 24.0. The average Bonchev–Trinajstić information content (AvgIpc) is 3.64. The number of rotatable bonds is 6. The highest BCUT2D eigenvalue weighted by molar-refractivity contribution is 7.89. The van der Waals surface area contributed by atoms with E-state index < -0.39 is 16.4 Å². The van der Waals surface area contributed by atoms with Crippen molar-refractivity contribution in [2.45, 2.75) is 43.5 Å². The summed E-state index contributed by atoms with van der Waals surface area (Å²) < 4.78 is 55.9. The van der Waals surface area contributed by atoms with Gasteiger partial charge in [-0.05, 0) is 38.0 Å². The summed E-state index contributed by atoms with van der Waals surface area (Å²) in [6.45, 7) is 2.35. The second-order valence-electron chi connectivity index (χ2n) is 8.75. The number of hydrogen-bond donors (Lipinski definition) is 0. The number of alkyl halides is 2. The van der Waals surface area contributed by atoms with Crippen LogP contribution in [0.1, 0.15) is 42.1 Å². The maximum absolute atomic E-state index is 13.8. The molecule has 2 fully saturated rings. The second-order valence-corrected chi connectivity index (χ2v) is 10.7. The van der Waals surface area contributed by atoms with Gasteiger partial charge in [-0.1, -0.05) is 18.2 Å². The Labute approximate surface area is 196 Å². The number of benzene rings is 1. The molecule has 5 rings (SSSR count). The fraction of sp³-hybridized carbons (Fsp3) is 0.435. The fourth-order valence-corrected chi connectivity index (χ4v) is 5.87. The quantitative estimate of drug-likeness (QED) is 0.531. The molecular weight excluding hydrogens is 464 g/mol. The van der Waals surface area contributed by atoms with Crippen LogP contribution in [0.2, 0.25) is 0 Å². The number of piperazine rings is 1. The van der Waals surface area contributed by atoms with E-state index in [-0.39, 0.29) is 55.0 Å². The Balaban J connectivity index is 1.33. The normalized spacial score (nSPS) is 17.6. The van der Waals surface area contributed by atoms with Crippen LogP contribution in [0.25, 0.3) is 11.0 Å². The number of hydrogen-bond acceptors (Lipinski definition) is 5. The van der Waals surface area contributed by atoms with Crippen molar-refractivity contribution in [3.8, 4) is 0 Å². The number of carbonyl (C=O) groups excluding carboxylic acids is 1. The smallest absolute Gasteiger partial charge is 0.264 e. The number of carbonyl (C=O) groups is 1. The minimum atomic E-state index is -3.62. The molecule has 0 spiro atoms. The Bertz CT molecular complexity index is 1330. The highest BCUT2D eigenvalue weighted by atomic mass is 32.2. The predicted molar refractivity (Wildman–Crippen MR) is 121 cm³/mol. The first kappa shape index (κ1) is 22.9. The van der Waals surface area contributed by atoms with Crippen molar-refractivity contribution in [3.05, 3.63) is 53.3 Å². The molecule has 2 aromatic heterocycles. The van der Waals surface area contributed by atoms with E-state index in [0.29, 0.717) is 22.4 Å². The molecule has 3 aromatic rings. The number of nitrogens with zero attached hydrogens (tertiary/aromatic N) is 5. The van der Waals surface area contributed by atoms with Gasteiger partial charge in [-0.25, -0.2) is 26.9 Å². The Kier molecular flexibility index (Phi) is 5.85. The molecule has 0 atom stereocenters. The molecule has 1 saturated heterocycles. The summed E-state index contributed by atoms with van der Waals surface area (Å²) in [6.07, 6.45) is -0.818. The largest absolute Gasteiger partial charge is 0.338 e. The molecule has 1 aliphatic carbocycles. The van der Waals surface area contributed by atoms with E-state index in [0.717, 1.165) is 12.8 Å². The van der Waals surface area contributed by atoms with E-state index in [2.05, 4.69) is 10.1 Å². The molecule has 11 heteroatoms. The first-order chi connectivity index (χ1) is 16.3. The third-order valence-electron chi connectivity index (χ3n) is 6.42. The van der Waals surface area contributed by atoms with E-state index in [1.54, 1.807) is 42.2 Å². The number of sulfonamides is 1. The summed E-state index contributed by atoms with van der Waals surface area (Å²) in [6, 6.07) is 9.67. The second kappa shape index (κ2) is 8.70. The molecular formula is C23H25F2N5O3S. The summed E-state index contributed by atoms with van der Waals surface area (Å²) in [5.74, 6) is -0.0701. The van der Waals surface area contributed by atoms with Gasteiger partial charge < -0.3 is 4.90 Å². The summed E-state index contributed by atoms with van der Waals surface area (Å²) in [4.78, 5) is 19.4. The molecule has 8 nitrogen and oxygen atoms in total. The number of aromatic nitrogens is 3. The number of halogens is 2.